The lowest BCUT2D eigenvalue weighted by Crippen LogP contribution is -2.40. The van der Waals surface area contributed by atoms with Gasteiger partial charge < -0.3 is 10.6 Å². The van der Waals surface area contributed by atoms with Gasteiger partial charge in [-0.15, -0.1) is 5.10 Å². The predicted molar refractivity (Wildman–Crippen MR) is 76.0 cm³/mol. The number of aromatic amines is 1. The van der Waals surface area contributed by atoms with Crippen LogP contribution in [0, 0.1) is 11.3 Å². The Morgan fingerprint density at radius 1 is 1.25 bits per heavy atom. The molecule has 0 radical (unpaired) electrons. The van der Waals surface area contributed by atoms with Crippen LogP contribution < -0.4 is 10.6 Å². The third kappa shape index (κ3) is 2.49. The molecule has 2 heterocycles. The van der Waals surface area contributed by atoms with Crippen molar-refractivity contribution in [2.45, 2.75) is 18.9 Å². The van der Waals surface area contributed by atoms with E-state index in [-0.39, 0.29) is 0 Å². The zero-order chi connectivity index (χ0) is 13.9. The molecule has 0 atom stereocenters. The molecular formula is C14H16N6. The summed E-state index contributed by atoms with van der Waals surface area (Å²) in [5.41, 5.74) is 7.46. The maximum Gasteiger partial charge on any atom is 0.245 e. The molecule has 3 N–H and O–H groups in total. The van der Waals surface area contributed by atoms with Crippen molar-refractivity contribution in [3.63, 3.8) is 0 Å². The molecule has 1 fully saturated rings. The number of H-pyrrole nitrogens is 1. The van der Waals surface area contributed by atoms with Gasteiger partial charge in [0.2, 0.25) is 5.95 Å². The lowest BCUT2D eigenvalue weighted by Gasteiger charge is -2.28. The largest absolute Gasteiger partial charge is 0.339 e. The van der Waals surface area contributed by atoms with E-state index in [0.29, 0.717) is 11.6 Å². The second-order valence-corrected chi connectivity index (χ2v) is 5.00. The molecule has 1 aliphatic rings. The van der Waals surface area contributed by atoms with Crippen LogP contribution in [0.3, 0.4) is 0 Å². The first-order valence-corrected chi connectivity index (χ1v) is 6.70. The summed E-state index contributed by atoms with van der Waals surface area (Å²) in [6.07, 6.45) is 1.95. The number of hydrogen-bond donors (Lipinski definition) is 2. The van der Waals surface area contributed by atoms with Gasteiger partial charge in [-0.3, -0.25) is 5.10 Å². The van der Waals surface area contributed by atoms with Crippen LogP contribution in [-0.2, 0) is 0 Å². The molecule has 0 bridgehead atoms. The number of anilines is 1. The van der Waals surface area contributed by atoms with Crippen molar-refractivity contribution < 1.29 is 0 Å². The Morgan fingerprint density at radius 3 is 2.60 bits per heavy atom. The number of rotatable bonds is 2. The first kappa shape index (κ1) is 12.6. The molecule has 0 aliphatic carbocycles. The quantitative estimate of drug-likeness (QED) is 0.855. The fourth-order valence-electron chi connectivity index (χ4n) is 2.33. The van der Waals surface area contributed by atoms with Crippen LogP contribution in [0.15, 0.2) is 24.3 Å². The minimum absolute atomic E-state index is 0.295. The van der Waals surface area contributed by atoms with Crippen LogP contribution in [-0.4, -0.2) is 34.3 Å². The van der Waals surface area contributed by atoms with Crippen molar-refractivity contribution in [3.8, 4) is 17.5 Å². The molecule has 102 valence electrons. The van der Waals surface area contributed by atoms with Crippen LogP contribution in [0.5, 0.6) is 0 Å². The molecule has 2 aromatic rings. The third-order valence-electron chi connectivity index (χ3n) is 3.58. The summed E-state index contributed by atoms with van der Waals surface area (Å²) >= 11 is 0. The van der Waals surface area contributed by atoms with Gasteiger partial charge >= 0.3 is 0 Å². The van der Waals surface area contributed by atoms with Crippen molar-refractivity contribution in [3.05, 3.63) is 29.8 Å². The highest BCUT2D eigenvalue weighted by atomic mass is 15.4. The van der Waals surface area contributed by atoms with Gasteiger partial charge in [-0.25, -0.2) is 0 Å². The Labute approximate surface area is 117 Å². The van der Waals surface area contributed by atoms with E-state index < -0.39 is 0 Å². The smallest absolute Gasteiger partial charge is 0.245 e. The van der Waals surface area contributed by atoms with Crippen molar-refractivity contribution in [1.82, 2.24) is 15.2 Å². The Morgan fingerprint density at radius 2 is 1.95 bits per heavy atom. The van der Waals surface area contributed by atoms with Gasteiger partial charge in [-0.2, -0.15) is 10.2 Å². The molecule has 6 nitrogen and oxygen atoms in total. The first-order valence-electron chi connectivity index (χ1n) is 6.70. The molecule has 0 unspecified atom stereocenters. The monoisotopic (exact) mass is 268 g/mol. The highest BCUT2D eigenvalue weighted by Gasteiger charge is 2.19. The average molecular weight is 268 g/mol. The fourth-order valence-corrected chi connectivity index (χ4v) is 2.33. The molecule has 0 saturated carbocycles. The summed E-state index contributed by atoms with van der Waals surface area (Å²) in [6.45, 7) is 1.79. The lowest BCUT2D eigenvalue weighted by atomic mass is 10.1. The van der Waals surface area contributed by atoms with E-state index in [2.05, 4.69) is 26.2 Å². The van der Waals surface area contributed by atoms with Crippen molar-refractivity contribution in [1.29, 1.82) is 5.26 Å². The van der Waals surface area contributed by atoms with E-state index >= 15 is 0 Å². The number of hydrogen-bond acceptors (Lipinski definition) is 5. The number of nitrogens with zero attached hydrogens (tertiary/aromatic N) is 4. The highest BCUT2D eigenvalue weighted by molar-refractivity contribution is 5.57. The molecule has 20 heavy (non-hydrogen) atoms. The zero-order valence-corrected chi connectivity index (χ0v) is 11.1. The van der Waals surface area contributed by atoms with Crippen LogP contribution in [0.2, 0.25) is 0 Å². The molecule has 0 amide bonds. The predicted octanol–water partition coefficient (Wildman–Crippen LogP) is 1.27. The Balaban J connectivity index is 1.77. The van der Waals surface area contributed by atoms with Crippen molar-refractivity contribution in [2.75, 3.05) is 18.0 Å². The average Bonchev–Trinajstić information content (AvgIpc) is 2.98. The van der Waals surface area contributed by atoms with Gasteiger partial charge in [0.05, 0.1) is 11.6 Å². The Bertz CT molecular complexity index is 616. The SMILES string of the molecule is N#Cc1ccc(-c2nc(N3CCC(N)CC3)n[nH]2)cc1. The minimum atomic E-state index is 0.295. The number of benzene rings is 1. The van der Waals surface area contributed by atoms with E-state index in [1.54, 1.807) is 12.1 Å². The highest BCUT2D eigenvalue weighted by Crippen LogP contribution is 2.20. The summed E-state index contributed by atoms with van der Waals surface area (Å²) < 4.78 is 0. The topological polar surface area (TPSA) is 94.6 Å². The van der Waals surface area contributed by atoms with E-state index in [0.717, 1.165) is 43.3 Å². The number of nitriles is 1. The minimum Gasteiger partial charge on any atom is -0.339 e. The second kappa shape index (κ2) is 5.31. The summed E-state index contributed by atoms with van der Waals surface area (Å²) in [5.74, 6) is 1.44. The fraction of sp³-hybridized carbons (Fsp3) is 0.357. The van der Waals surface area contributed by atoms with Gasteiger partial charge in [0.25, 0.3) is 0 Å². The molecule has 1 aromatic heterocycles. The van der Waals surface area contributed by atoms with Crippen LogP contribution in [0.1, 0.15) is 18.4 Å². The molecule has 1 saturated heterocycles. The van der Waals surface area contributed by atoms with Gasteiger partial charge in [-0.05, 0) is 37.1 Å². The lowest BCUT2D eigenvalue weighted by molar-refractivity contribution is 0.496. The standard InChI is InChI=1S/C14H16N6/c15-9-10-1-3-11(4-2-10)13-17-14(19-18-13)20-7-5-12(16)6-8-20/h1-4,12H,5-8,16H2,(H,17,18,19). The van der Waals surface area contributed by atoms with E-state index in [9.17, 15) is 0 Å². The summed E-state index contributed by atoms with van der Waals surface area (Å²) in [4.78, 5) is 6.67. The Kier molecular flexibility index (Phi) is 3.35. The van der Waals surface area contributed by atoms with Crippen LogP contribution in [0.4, 0.5) is 5.95 Å². The van der Waals surface area contributed by atoms with E-state index in [4.69, 9.17) is 11.0 Å². The van der Waals surface area contributed by atoms with Gasteiger partial charge in [0.1, 0.15) is 0 Å². The summed E-state index contributed by atoms with van der Waals surface area (Å²) in [7, 11) is 0. The van der Waals surface area contributed by atoms with Crippen molar-refractivity contribution in [2.24, 2.45) is 5.73 Å². The number of aromatic nitrogens is 3. The first-order chi connectivity index (χ1) is 9.76. The van der Waals surface area contributed by atoms with Crippen molar-refractivity contribution >= 4 is 5.95 Å². The number of nitrogens with one attached hydrogen (secondary N) is 1. The Hall–Kier alpha value is -2.39. The number of piperidine rings is 1. The van der Waals surface area contributed by atoms with E-state index in [1.807, 2.05) is 12.1 Å². The zero-order valence-electron chi connectivity index (χ0n) is 11.1. The van der Waals surface area contributed by atoms with Gasteiger partial charge in [0.15, 0.2) is 5.82 Å². The molecule has 6 heteroatoms. The molecule has 3 rings (SSSR count). The van der Waals surface area contributed by atoms with Gasteiger partial charge in [0, 0.05) is 24.7 Å². The van der Waals surface area contributed by atoms with E-state index in [1.165, 1.54) is 0 Å². The summed E-state index contributed by atoms with van der Waals surface area (Å²) in [6, 6.07) is 9.69. The molecule has 0 spiro atoms. The van der Waals surface area contributed by atoms with Crippen LogP contribution in [0.25, 0.3) is 11.4 Å². The normalized spacial score (nSPS) is 16.1. The molecule has 1 aromatic carbocycles. The molecule has 1 aliphatic heterocycles. The molecular weight excluding hydrogens is 252 g/mol. The number of nitrogens with two attached hydrogens (primary N) is 1. The summed E-state index contributed by atoms with van der Waals surface area (Å²) in [5, 5.41) is 16.0. The maximum atomic E-state index is 8.79. The second-order valence-electron chi connectivity index (χ2n) is 5.00. The van der Waals surface area contributed by atoms with Gasteiger partial charge in [-0.1, -0.05) is 0 Å². The van der Waals surface area contributed by atoms with Crippen LogP contribution >= 0.6 is 0 Å². The maximum absolute atomic E-state index is 8.79. The third-order valence-corrected chi connectivity index (χ3v) is 3.58.